The van der Waals surface area contributed by atoms with Gasteiger partial charge in [0.15, 0.2) is 6.08 Å². The van der Waals surface area contributed by atoms with E-state index in [1.165, 1.54) is 11.3 Å². The zero-order valence-electron chi connectivity index (χ0n) is 9.56. The van der Waals surface area contributed by atoms with Crippen molar-refractivity contribution in [2.45, 2.75) is 32.8 Å². The maximum Gasteiger partial charge on any atom is 0.211 e. The maximum absolute atomic E-state index is 11.3. The van der Waals surface area contributed by atoms with Crippen LogP contribution in [0.5, 0.6) is 0 Å². The van der Waals surface area contributed by atoms with E-state index in [1.54, 1.807) is 27.0 Å². The molecule has 0 radical (unpaired) electrons. The highest BCUT2D eigenvalue weighted by Gasteiger charge is 2.05. The molecule has 1 aromatic heterocycles. The number of aromatic nitrogens is 1. The van der Waals surface area contributed by atoms with Crippen LogP contribution in [-0.2, 0) is 11.2 Å². The number of hydrogen-bond acceptors (Lipinski definition) is 6. The van der Waals surface area contributed by atoms with E-state index >= 15 is 0 Å². The first kappa shape index (κ1) is 12.9. The summed E-state index contributed by atoms with van der Waals surface area (Å²) in [5.74, 6) is 0. The number of thiazole rings is 1. The number of aliphatic hydroxyl groups excluding tert-OH is 1. The Kier molecular flexibility index (Phi) is 4.26. The van der Waals surface area contributed by atoms with E-state index in [-0.39, 0.29) is 6.61 Å². The van der Waals surface area contributed by atoms with Crippen LogP contribution in [0.25, 0.3) is 0 Å². The van der Waals surface area contributed by atoms with E-state index in [4.69, 9.17) is 9.84 Å². The van der Waals surface area contributed by atoms with Crippen LogP contribution in [-0.4, -0.2) is 28.4 Å². The molecule has 0 aliphatic heterocycles. The van der Waals surface area contributed by atoms with Gasteiger partial charge in [0.05, 0.1) is 0 Å². The van der Waals surface area contributed by atoms with Gasteiger partial charge in [0, 0.05) is 29.7 Å². The van der Waals surface area contributed by atoms with Crippen LogP contribution in [0.15, 0.2) is 11.2 Å². The summed E-state index contributed by atoms with van der Waals surface area (Å²) in [5, 5.41) is 20.4. The second kappa shape index (κ2) is 5.27. The highest BCUT2D eigenvalue weighted by atomic mass is 32.1. The Morgan fingerprint density at radius 3 is 2.88 bits per heavy atom. The SMILES string of the molecule is CC(C)(C)OC([O-])=Nc1ncc(CCO)s1. The first-order valence-corrected chi connectivity index (χ1v) is 5.72. The summed E-state index contributed by atoms with van der Waals surface area (Å²) in [4.78, 5) is 8.55. The first-order chi connectivity index (χ1) is 7.40. The molecule has 1 aromatic rings. The minimum atomic E-state index is -0.641. The third kappa shape index (κ3) is 4.59. The van der Waals surface area contributed by atoms with Gasteiger partial charge < -0.3 is 14.9 Å². The minimum absolute atomic E-state index is 0.0636. The predicted molar refractivity (Wildman–Crippen MR) is 60.8 cm³/mol. The molecule has 0 aromatic carbocycles. The molecule has 0 saturated heterocycles. The lowest BCUT2D eigenvalue weighted by Crippen LogP contribution is -2.31. The molecule has 0 atom stereocenters. The van der Waals surface area contributed by atoms with Crippen molar-refractivity contribution in [3.63, 3.8) is 0 Å². The van der Waals surface area contributed by atoms with Gasteiger partial charge in [-0.25, -0.2) is 9.98 Å². The summed E-state index contributed by atoms with van der Waals surface area (Å²) < 4.78 is 5.02. The van der Waals surface area contributed by atoms with Gasteiger partial charge in [0.1, 0.15) is 0 Å². The minimum Gasteiger partial charge on any atom is -0.594 e. The number of nitrogens with zero attached hydrogens (tertiary/aromatic N) is 2. The highest BCUT2D eigenvalue weighted by Crippen LogP contribution is 2.21. The smallest absolute Gasteiger partial charge is 0.211 e. The van der Waals surface area contributed by atoms with Gasteiger partial charge in [0.25, 0.3) is 0 Å². The molecule has 5 nitrogen and oxygen atoms in total. The summed E-state index contributed by atoms with van der Waals surface area (Å²) in [6.45, 7) is 5.40. The molecule has 0 unspecified atom stereocenters. The fourth-order valence-corrected chi connectivity index (χ4v) is 1.70. The van der Waals surface area contributed by atoms with E-state index in [0.717, 1.165) is 4.88 Å². The Bertz CT molecular complexity index is 368. The molecule has 0 amide bonds. The molecule has 0 bridgehead atoms. The molecular formula is C10H15N2O3S-. The van der Waals surface area contributed by atoms with Crippen molar-refractivity contribution in [2.75, 3.05) is 6.61 Å². The van der Waals surface area contributed by atoms with Crippen LogP contribution in [0.3, 0.4) is 0 Å². The van der Waals surface area contributed by atoms with E-state index in [1.807, 2.05) is 0 Å². The van der Waals surface area contributed by atoms with Gasteiger partial charge in [-0.1, -0.05) is 32.1 Å². The summed E-state index contributed by atoms with van der Waals surface area (Å²) >= 11 is 1.27. The van der Waals surface area contributed by atoms with E-state index in [9.17, 15) is 5.11 Å². The van der Waals surface area contributed by atoms with Crippen LogP contribution < -0.4 is 5.11 Å². The van der Waals surface area contributed by atoms with Crippen molar-refractivity contribution < 1.29 is 14.9 Å². The molecule has 1 heterocycles. The number of hydrogen-bond donors (Lipinski definition) is 1. The first-order valence-electron chi connectivity index (χ1n) is 4.91. The summed E-state index contributed by atoms with van der Waals surface area (Å²) in [6.07, 6.45) is 1.49. The highest BCUT2D eigenvalue weighted by molar-refractivity contribution is 7.15. The lowest BCUT2D eigenvalue weighted by molar-refractivity contribution is -0.259. The fourth-order valence-electron chi connectivity index (χ4n) is 0.937. The topological polar surface area (TPSA) is 77.8 Å². The monoisotopic (exact) mass is 243 g/mol. The lowest BCUT2D eigenvalue weighted by atomic mass is 10.2. The van der Waals surface area contributed by atoms with Crippen LogP contribution in [0.4, 0.5) is 5.13 Å². The molecule has 0 saturated carbocycles. The molecule has 6 heteroatoms. The second-order valence-electron chi connectivity index (χ2n) is 4.17. The molecule has 0 spiro atoms. The van der Waals surface area contributed by atoms with Crippen molar-refractivity contribution in [2.24, 2.45) is 4.99 Å². The average Bonchev–Trinajstić information content (AvgIpc) is 2.49. The summed E-state index contributed by atoms with van der Waals surface area (Å²) in [6, 6.07) is 0. The fraction of sp³-hybridized carbons (Fsp3) is 0.600. The average molecular weight is 243 g/mol. The number of rotatable bonds is 3. The quantitative estimate of drug-likeness (QED) is 0.630. The Morgan fingerprint density at radius 1 is 1.62 bits per heavy atom. The summed E-state index contributed by atoms with van der Waals surface area (Å²) in [5.41, 5.74) is -0.550. The van der Waals surface area contributed by atoms with Crippen LogP contribution in [0.1, 0.15) is 25.6 Å². The number of aliphatic imine (C=N–C) groups is 1. The molecule has 1 N–H and O–H groups in total. The van der Waals surface area contributed by atoms with Gasteiger partial charge in [-0.2, -0.15) is 0 Å². The van der Waals surface area contributed by atoms with Crippen molar-refractivity contribution in [1.29, 1.82) is 0 Å². The molecule has 90 valence electrons. The van der Waals surface area contributed by atoms with Gasteiger partial charge in [-0.3, -0.25) is 0 Å². The van der Waals surface area contributed by atoms with Crippen molar-refractivity contribution in [3.8, 4) is 0 Å². The predicted octanol–water partition coefficient (Wildman–Crippen LogP) is 0.841. The van der Waals surface area contributed by atoms with Gasteiger partial charge >= 0.3 is 0 Å². The van der Waals surface area contributed by atoms with Crippen molar-refractivity contribution in [1.82, 2.24) is 4.98 Å². The molecule has 16 heavy (non-hydrogen) atoms. The van der Waals surface area contributed by atoms with Crippen LogP contribution in [0, 0.1) is 0 Å². The van der Waals surface area contributed by atoms with Gasteiger partial charge in [-0.15, -0.1) is 0 Å². The van der Waals surface area contributed by atoms with Gasteiger partial charge in [-0.05, 0) is 0 Å². The Balaban J connectivity index is 2.66. The zero-order chi connectivity index (χ0) is 12.2. The van der Waals surface area contributed by atoms with Crippen LogP contribution >= 0.6 is 11.3 Å². The lowest BCUT2D eigenvalue weighted by Gasteiger charge is -2.29. The third-order valence-electron chi connectivity index (χ3n) is 1.48. The Hall–Kier alpha value is -1.14. The molecule has 0 aliphatic carbocycles. The zero-order valence-corrected chi connectivity index (χ0v) is 10.4. The van der Waals surface area contributed by atoms with E-state index in [2.05, 4.69) is 9.98 Å². The standard InChI is InChI=1S/C10H16N2O3S/c1-10(2,3)15-9(14)12-8-11-6-7(16-8)4-5-13/h6,13H,4-5H2,1-3H3,(H,11,12,14)/p-1. The Labute approximate surface area is 98.4 Å². The molecule has 0 aliphatic rings. The molecular weight excluding hydrogens is 228 g/mol. The third-order valence-corrected chi connectivity index (χ3v) is 2.43. The van der Waals surface area contributed by atoms with Crippen molar-refractivity contribution >= 4 is 22.6 Å². The number of aliphatic hydroxyl groups is 1. The van der Waals surface area contributed by atoms with Crippen molar-refractivity contribution in [3.05, 3.63) is 11.1 Å². The van der Waals surface area contributed by atoms with E-state index < -0.39 is 11.7 Å². The van der Waals surface area contributed by atoms with Gasteiger partial charge in [0.2, 0.25) is 5.13 Å². The summed E-state index contributed by atoms with van der Waals surface area (Å²) in [7, 11) is 0. The number of ether oxygens (including phenoxy) is 1. The normalized spacial score (nSPS) is 12.9. The van der Waals surface area contributed by atoms with Crippen LogP contribution in [0.2, 0.25) is 0 Å². The second-order valence-corrected chi connectivity index (χ2v) is 5.27. The Morgan fingerprint density at radius 2 is 2.31 bits per heavy atom. The maximum atomic E-state index is 11.3. The van der Waals surface area contributed by atoms with E-state index in [0.29, 0.717) is 11.6 Å². The largest absolute Gasteiger partial charge is 0.594 e. The molecule has 0 fully saturated rings. The molecule has 1 rings (SSSR count).